The minimum absolute atomic E-state index is 0.0104. The van der Waals surface area contributed by atoms with Gasteiger partial charge in [-0.05, 0) is 34.7 Å². The molecule has 0 bridgehead atoms. The second-order valence-electron chi connectivity index (χ2n) is 10.3. The summed E-state index contributed by atoms with van der Waals surface area (Å²) in [5.41, 5.74) is 2.77. The molecule has 3 atom stereocenters. The summed E-state index contributed by atoms with van der Waals surface area (Å²) in [5.74, 6) is 0.484. The maximum atomic E-state index is 14.0. The molecule has 2 heterocycles. The number of carbonyl (C=O) groups is 3. The first-order chi connectivity index (χ1) is 19.4. The van der Waals surface area contributed by atoms with Crippen molar-refractivity contribution >= 4 is 17.8 Å². The van der Waals surface area contributed by atoms with Gasteiger partial charge in [-0.2, -0.15) is 0 Å². The van der Waals surface area contributed by atoms with Crippen LogP contribution in [0.5, 0.6) is 5.75 Å². The Morgan fingerprint density at radius 2 is 1.62 bits per heavy atom. The highest BCUT2D eigenvalue weighted by atomic mass is 16.5. The van der Waals surface area contributed by atoms with E-state index in [2.05, 4.69) is 24.4 Å². The summed E-state index contributed by atoms with van der Waals surface area (Å²) in [4.78, 5) is 44.5. The van der Waals surface area contributed by atoms with E-state index in [4.69, 9.17) is 4.74 Å². The molecule has 4 amide bonds. The maximum Gasteiger partial charge on any atom is 0.334 e. The Bertz CT molecular complexity index is 1330. The lowest BCUT2D eigenvalue weighted by molar-refractivity contribution is -0.187. The van der Waals surface area contributed by atoms with Gasteiger partial charge in [0.2, 0.25) is 11.8 Å². The molecule has 3 unspecified atom stereocenters. The highest BCUT2D eigenvalue weighted by Gasteiger charge is 2.51. The average molecular weight is 542 g/mol. The van der Waals surface area contributed by atoms with E-state index < -0.39 is 12.2 Å². The van der Waals surface area contributed by atoms with Crippen LogP contribution in [0.2, 0.25) is 0 Å². The number of likely N-dealkylation sites (N-methyl/N-ethyl adjacent to an activating group) is 1. The first kappa shape index (κ1) is 27.2. The zero-order valence-electron chi connectivity index (χ0n) is 23.1. The number of rotatable bonds is 7. The van der Waals surface area contributed by atoms with E-state index >= 15 is 0 Å². The molecule has 208 valence electrons. The third-order valence-electron chi connectivity index (χ3n) is 7.62. The lowest BCUT2D eigenvalue weighted by Gasteiger charge is -2.54. The van der Waals surface area contributed by atoms with Crippen molar-refractivity contribution in [1.29, 1.82) is 0 Å². The number of nitrogens with one attached hydrogen (secondary N) is 1. The normalized spacial score (nSPS) is 20.2. The minimum Gasteiger partial charge on any atom is -0.497 e. The summed E-state index contributed by atoms with van der Waals surface area (Å²) < 4.78 is 5.22. The number of nitrogens with zero attached hydrogens (tertiary/aromatic N) is 4. The van der Waals surface area contributed by atoms with Crippen molar-refractivity contribution in [2.75, 3.05) is 33.8 Å². The van der Waals surface area contributed by atoms with Crippen LogP contribution in [0.15, 0.2) is 84.9 Å². The van der Waals surface area contributed by atoms with E-state index in [9.17, 15) is 14.4 Å². The largest absolute Gasteiger partial charge is 0.497 e. The van der Waals surface area contributed by atoms with Crippen LogP contribution >= 0.6 is 0 Å². The number of urea groups is 1. The van der Waals surface area contributed by atoms with Gasteiger partial charge in [-0.3, -0.25) is 9.59 Å². The summed E-state index contributed by atoms with van der Waals surface area (Å²) in [5, 5.41) is 6.21. The molecule has 0 saturated carbocycles. The van der Waals surface area contributed by atoms with E-state index in [1.54, 1.807) is 34.0 Å². The SMILES string of the molecule is COc1ccc(CNC(=O)N2C3CN(CC(C)c4ccccc4)C(=O)C(c4ccccc4)N3C(=O)CN2C)cc1. The van der Waals surface area contributed by atoms with Crippen LogP contribution in [0.3, 0.4) is 0 Å². The van der Waals surface area contributed by atoms with Gasteiger partial charge in [0.25, 0.3) is 0 Å². The number of fused-ring (bicyclic) bond motifs is 1. The maximum absolute atomic E-state index is 14.0. The van der Waals surface area contributed by atoms with Crippen LogP contribution in [0.25, 0.3) is 0 Å². The van der Waals surface area contributed by atoms with Crippen molar-refractivity contribution in [3.63, 3.8) is 0 Å². The zero-order chi connectivity index (χ0) is 28.2. The quantitative estimate of drug-likeness (QED) is 0.494. The monoisotopic (exact) mass is 541 g/mol. The number of benzene rings is 3. The standard InChI is InChI=1S/C31H35N5O4/c1-22(24-10-6-4-7-11-24)19-34-20-27-35(29(30(34)38)25-12-8-5-9-13-25)28(37)21-33(2)36(27)31(39)32-18-23-14-16-26(40-3)17-15-23/h4-17,22,27,29H,18-21H2,1-3H3,(H,32,39). The van der Waals surface area contributed by atoms with Gasteiger partial charge in [0, 0.05) is 20.1 Å². The molecule has 0 spiro atoms. The Morgan fingerprint density at radius 3 is 2.27 bits per heavy atom. The van der Waals surface area contributed by atoms with Crippen molar-refractivity contribution in [2.24, 2.45) is 0 Å². The molecule has 0 aliphatic carbocycles. The Kier molecular flexibility index (Phi) is 8.02. The Hall–Kier alpha value is -4.37. The zero-order valence-corrected chi connectivity index (χ0v) is 23.1. The molecular weight excluding hydrogens is 506 g/mol. The molecule has 2 saturated heterocycles. The molecule has 0 radical (unpaired) electrons. The summed E-state index contributed by atoms with van der Waals surface area (Å²) in [7, 11) is 3.34. The first-order valence-electron chi connectivity index (χ1n) is 13.5. The van der Waals surface area contributed by atoms with Gasteiger partial charge in [-0.25, -0.2) is 14.8 Å². The molecule has 9 nitrogen and oxygen atoms in total. The third-order valence-corrected chi connectivity index (χ3v) is 7.62. The predicted octanol–water partition coefficient (Wildman–Crippen LogP) is 3.61. The third kappa shape index (κ3) is 5.51. The summed E-state index contributed by atoms with van der Waals surface area (Å²) in [6.07, 6.45) is -0.659. The Morgan fingerprint density at radius 1 is 0.975 bits per heavy atom. The van der Waals surface area contributed by atoms with Crippen LogP contribution in [0.4, 0.5) is 4.79 Å². The number of amides is 4. The lowest BCUT2D eigenvalue weighted by Crippen LogP contribution is -2.73. The average Bonchev–Trinajstić information content (AvgIpc) is 2.98. The van der Waals surface area contributed by atoms with Crippen LogP contribution < -0.4 is 10.1 Å². The van der Waals surface area contributed by atoms with Gasteiger partial charge in [-0.1, -0.05) is 79.7 Å². The van der Waals surface area contributed by atoms with Gasteiger partial charge < -0.3 is 19.9 Å². The van der Waals surface area contributed by atoms with Crippen molar-refractivity contribution in [3.05, 3.63) is 102 Å². The van der Waals surface area contributed by atoms with Gasteiger partial charge in [0.15, 0.2) is 0 Å². The number of hydrogen-bond acceptors (Lipinski definition) is 5. The molecule has 2 fully saturated rings. The molecule has 5 rings (SSSR count). The minimum atomic E-state index is -0.819. The molecule has 3 aromatic carbocycles. The summed E-state index contributed by atoms with van der Waals surface area (Å²) in [6.45, 7) is 3.07. The van der Waals surface area contributed by atoms with Crippen molar-refractivity contribution in [1.82, 2.24) is 25.1 Å². The fraction of sp³-hybridized carbons (Fsp3) is 0.323. The Balaban J connectivity index is 1.43. The smallest absolute Gasteiger partial charge is 0.334 e. The van der Waals surface area contributed by atoms with Crippen molar-refractivity contribution in [3.8, 4) is 5.75 Å². The van der Waals surface area contributed by atoms with Crippen LogP contribution in [-0.4, -0.2) is 77.6 Å². The van der Waals surface area contributed by atoms with E-state index in [0.717, 1.165) is 22.4 Å². The molecule has 2 aliphatic heterocycles. The summed E-state index contributed by atoms with van der Waals surface area (Å²) >= 11 is 0. The topological polar surface area (TPSA) is 85.4 Å². The van der Waals surface area contributed by atoms with Crippen LogP contribution in [0.1, 0.15) is 35.6 Å². The Labute approximate surface area is 234 Å². The van der Waals surface area contributed by atoms with E-state index in [-0.39, 0.29) is 36.9 Å². The second-order valence-corrected chi connectivity index (χ2v) is 10.3. The fourth-order valence-electron chi connectivity index (χ4n) is 5.54. The van der Waals surface area contributed by atoms with Crippen molar-refractivity contribution in [2.45, 2.75) is 31.6 Å². The highest BCUT2D eigenvalue weighted by Crippen LogP contribution is 2.35. The summed E-state index contributed by atoms with van der Waals surface area (Å²) in [6, 6.07) is 25.7. The lowest BCUT2D eigenvalue weighted by atomic mass is 9.96. The number of methoxy groups -OCH3 is 1. The van der Waals surface area contributed by atoms with E-state index in [1.807, 2.05) is 72.8 Å². The van der Waals surface area contributed by atoms with Gasteiger partial charge in [0.05, 0.1) is 20.2 Å². The van der Waals surface area contributed by atoms with E-state index in [1.165, 1.54) is 0 Å². The number of hydrazine groups is 1. The van der Waals surface area contributed by atoms with Crippen LogP contribution in [0, 0.1) is 0 Å². The van der Waals surface area contributed by atoms with Crippen LogP contribution in [-0.2, 0) is 16.1 Å². The fourth-order valence-corrected chi connectivity index (χ4v) is 5.54. The number of piperazine rings is 1. The second kappa shape index (κ2) is 11.8. The molecule has 0 aromatic heterocycles. The van der Waals surface area contributed by atoms with Crippen molar-refractivity contribution < 1.29 is 19.1 Å². The van der Waals surface area contributed by atoms with Gasteiger partial charge in [-0.15, -0.1) is 0 Å². The molecule has 3 aromatic rings. The molecule has 2 aliphatic rings. The molecule has 40 heavy (non-hydrogen) atoms. The molecule has 1 N–H and O–H groups in total. The van der Waals surface area contributed by atoms with Gasteiger partial charge in [0.1, 0.15) is 18.0 Å². The van der Waals surface area contributed by atoms with Gasteiger partial charge >= 0.3 is 6.03 Å². The number of carbonyl (C=O) groups excluding carboxylic acids is 3. The highest BCUT2D eigenvalue weighted by molar-refractivity contribution is 5.92. The predicted molar refractivity (Wildman–Crippen MR) is 151 cm³/mol. The first-order valence-corrected chi connectivity index (χ1v) is 13.5. The molecular formula is C31H35N5O4. The number of hydrogen-bond donors (Lipinski definition) is 1. The molecule has 9 heteroatoms. The number of ether oxygens (including phenoxy) is 1. The van der Waals surface area contributed by atoms with E-state index in [0.29, 0.717) is 13.1 Å².